The average Bonchev–Trinajstić information content (AvgIpc) is 3.10. The Morgan fingerprint density at radius 3 is 3.32 bits per heavy atom. The molecule has 1 N–H and O–H groups in total. The van der Waals surface area contributed by atoms with Gasteiger partial charge in [-0.3, -0.25) is 9.48 Å². The van der Waals surface area contributed by atoms with E-state index >= 15 is 0 Å². The first-order valence-electron chi connectivity index (χ1n) is 6.15. The van der Waals surface area contributed by atoms with E-state index in [1.165, 1.54) is 11.3 Å². The van der Waals surface area contributed by atoms with Gasteiger partial charge in [0, 0.05) is 18.2 Å². The minimum Gasteiger partial charge on any atom is -0.376 e. The highest BCUT2D eigenvalue weighted by Gasteiger charge is 2.16. The van der Waals surface area contributed by atoms with Crippen molar-refractivity contribution in [3.05, 3.63) is 29.0 Å². The maximum absolute atomic E-state index is 11.8. The van der Waals surface area contributed by atoms with Crippen molar-refractivity contribution in [3.63, 3.8) is 0 Å². The van der Waals surface area contributed by atoms with Crippen LogP contribution < -0.4 is 5.32 Å². The number of thiazole rings is 1. The molecule has 1 saturated heterocycles. The van der Waals surface area contributed by atoms with E-state index in [4.69, 9.17) is 4.74 Å². The number of rotatable bonds is 4. The van der Waals surface area contributed by atoms with Crippen LogP contribution in [0.15, 0.2) is 23.3 Å². The van der Waals surface area contributed by atoms with Crippen molar-refractivity contribution in [2.45, 2.75) is 25.5 Å². The molecule has 1 aliphatic heterocycles. The van der Waals surface area contributed by atoms with Gasteiger partial charge < -0.3 is 10.1 Å². The molecule has 0 aliphatic carbocycles. The lowest BCUT2D eigenvalue weighted by Crippen LogP contribution is -2.15. The third kappa shape index (κ3) is 2.99. The zero-order valence-electron chi connectivity index (χ0n) is 10.3. The minimum absolute atomic E-state index is 0.210. The van der Waals surface area contributed by atoms with E-state index in [-0.39, 0.29) is 12.0 Å². The number of hydrogen-bond donors (Lipinski definition) is 1. The number of carbonyl (C=O) groups is 1. The van der Waals surface area contributed by atoms with Crippen LogP contribution >= 0.6 is 11.3 Å². The first-order chi connectivity index (χ1) is 9.31. The van der Waals surface area contributed by atoms with Crippen molar-refractivity contribution in [2.24, 2.45) is 0 Å². The molecule has 2 aromatic heterocycles. The van der Waals surface area contributed by atoms with Gasteiger partial charge in [0.1, 0.15) is 5.69 Å². The van der Waals surface area contributed by atoms with Crippen molar-refractivity contribution in [1.82, 2.24) is 14.8 Å². The Morgan fingerprint density at radius 1 is 1.63 bits per heavy atom. The standard InChI is InChI=1S/C12H14N4O2S/c17-12(11-7-19-8-13-11)15-9-4-14-16(5-9)6-10-2-1-3-18-10/h4-5,7-8,10H,1-3,6H2,(H,15,17). The molecule has 3 rings (SSSR count). The second-order valence-electron chi connectivity index (χ2n) is 4.41. The van der Waals surface area contributed by atoms with E-state index in [2.05, 4.69) is 15.4 Å². The molecule has 1 amide bonds. The largest absolute Gasteiger partial charge is 0.376 e. The molecule has 6 nitrogen and oxygen atoms in total. The van der Waals surface area contributed by atoms with E-state index in [1.54, 1.807) is 21.8 Å². The summed E-state index contributed by atoms with van der Waals surface area (Å²) in [6.45, 7) is 1.56. The lowest BCUT2D eigenvalue weighted by atomic mass is 10.2. The van der Waals surface area contributed by atoms with Gasteiger partial charge in [0.2, 0.25) is 0 Å². The summed E-state index contributed by atoms with van der Waals surface area (Å²) in [5.41, 5.74) is 2.74. The second kappa shape index (κ2) is 5.50. The van der Waals surface area contributed by atoms with Crippen molar-refractivity contribution < 1.29 is 9.53 Å². The smallest absolute Gasteiger partial charge is 0.275 e. The SMILES string of the molecule is O=C(Nc1cnn(CC2CCCO2)c1)c1cscn1. The van der Waals surface area contributed by atoms with E-state index in [0.29, 0.717) is 11.4 Å². The summed E-state index contributed by atoms with van der Waals surface area (Å²) in [5, 5.41) is 8.70. The first-order valence-corrected chi connectivity index (χ1v) is 7.09. The fourth-order valence-electron chi connectivity index (χ4n) is 2.04. The normalized spacial score (nSPS) is 18.6. The predicted octanol–water partition coefficient (Wildman–Crippen LogP) is 1.77. The maximum Gasteiger partial charge on any atom is 0.275 e. The molecule has 1 fully saturated rings. The first kappa shape index (κ1) is 12.3. The van der Waals surface area contributed by atoms with E-state index in [9.17, 15) is 4.79 Å². The Morgan fingerprint density at radius 2 is 2.58 bits per heavy atom. The Bertz CT molecular complexity index is 546. The average molecular weight is 278 g/mol. The van der Waals surface area contributed by atoms with Crippen LogP contribution in [0.2, 0.25) is 0 Å². The summed E-state index contributed by atoms with van der Waals surface area (Å²) in [6.07, 6.45) is 5.87. The third-order valence-electron chi connectivity index (χ3n) is 2.97. The van der Waals surface area contributed by atoms with Crippen molar-refractivity contribution >= 4 is 22.9 Å². The molecule has 100 valence electrons. The molecule has 7 heteroatoms. The number of hydrogen-bond acceptors (Lipinski definition) is 5. The fourth-order valence-corrected chi connectivity index (χ4v) is 2.58. The van der Waals surface area contributed by atoms with E-state index < -0.39 is 0 Å². The van der Waals surface area contributed by atoms with Crippen LogP contribution in [0.5, 0.6) is 0 Å². The fraction of sp³-hybridized carbons (Fsp3) is 0.417. The number of nitrogens with one attached hydrogen (secondary N) is 1. The van der Waals surface area contributed by atoms with Crippen LogP contribution in [0.1, 0.15) is 23.3 Å². The molecule has 0 radical (unpaired) electrons. The van der Waals surface area contributed by atoms with Crippen LogP contribution in [-0.4, -0.2) is 33.4 Å². The molecule has 0 saturated carbocycles. The lowest BCUT2D eigenvalue weighted by Gasteiger charge is -2.08. The van der Waals surface area contributed by atoms with Gasteiger partial charge >= 0.3 is 0 Å². The number of aromatic nitrogens is 3. The van der Waals surface area contributed by atoms with Gasteiger partial charge in [0.25, 0.3) is 5.91 Å². The lowest BCUT2D eigenvalue weighted by molar-refractivity contribution is 0.0940. The summed E-state index contributed by atoms with van der Waals surface area (Å²) in [6, 6.07) is 0. The molecule has 0 aromatic carbocycles. The Balaban J connectivity index is 1.60. The predicted molar refractivity (Wildman–Crippen MR) is 71.3 cm³/mol. The van der Waals surface area contributed by atoms with Gasteiger partial charge in [-0.05, 0) is 12.8 Å². The van der Waals surface area contributed by atoms with Crippen molar-refractivity contribution in [2.75, 3.05) is 11.9 Å². The maximum atomic E-state index is 11.8. The number of amides is 1. The van der Waals surface area contributed by atoms with Crippen LogP contribution in [0.3, 0.4) is 0 Å². The minimum atomic E-state index is -0.210. The Labute approximate surface area is 114 Å². The quantitative estimate of drug-likeness (QED) is 0.925. The summed E-state index contributed by atoms with van der Waals surface area (Å²) in [5.74, 6) is -0.210. The van der Waals surface area contributed by atoms with Gasteiger partial charge in [0.05, 0.1) is 30.0 Å². The highest BCUT2D eigenvalue weighted by molar-refractivity contribution is 7.07. The van der Waals surface area contributed by atoms with Gasteiger partial charge in [0.15, 0.2) is 0 Å². The van der Waals surface area contributed by atoms with Crippen LogP contribution in [-0.2, 0) is 11.3 Å². The van der Waals surface area contributed by atoms with E-state index in [0.717, 1.165) is 26.0 Å². The topological polar surface area (TPSA) is 69.0 Å². The van der Waals surface area contributed by atoms with Crippen molar-refractivity contribution in [3.8, 4) is 0 Å². The summed E-state index contributed by atoms with van der Waals surface area (Å²) in [4.78, 5) is 15.8. The van der Waals surface area contributed by atoms with E-state index in [1.807, 2.05) is 6.20 Å². The summed E-state index contributed by atoms with van der Waals surface area (Å²) in [7, 11) is 0. The number of anilines is 1. The molecule has 3 heterocycles. The molecule has 1 aliphatic rings. The second-order valence-corrected chi connectivity index (χ2v) is 5.13. The molecular weight excluding hydrogens is 264 g/mol. The monoisotopic (exact) mass is 278 g/mol. The highest BCUT2D eigenvalue weighted by Crippen LogP contribution is 2.15. The summed E-state index contributed by atoms with van der Waals surface area (Å²) < 4.78 is 7.35. The van der Waals surface area contributed by atoms with Crippen LogP contribution in [0.4, 0.5) is 5.69 Å². The zero-order valence-corrected chi connectivity index (χ0v) is 11.1. The Hall–Kier alpha value is -1.73. The van der Waals surface area contributed by atoms with Crippen LogP contribution in [0, 0.1) is 0 Å². The summed E-state index contributed by atoms with van der Waals surface area (Å²) >= 11 is 1.40. The molecule has 19 heavy (non-hydrogen) atoms. The number of carbonyl (C=O) groups excluding carboxylic acids is 1. The Kier molecular flexibility index (Phi) is 3.56. The molecule has 1 unspecified atom stereocenters. The zero-order chi connectivity index (χ0) is 13.1. The van der Waals surface area contributed by atoms with Crippen molar-refractivity contribution in [1.29, 1.82) is 0 Å². The number of ether oxygens (including phenoxy) is 1. The molecule has 0 bridgehead atoms. The molecular formula is C12H14N4O2S. The highest BCUT2D eigenvalue weighted by atomic mass is 32.1. The molecule has 1 atom stereocenters. The van der Waals surface area contributed by atoms with Crippen LogP contribution in [0.25, 0.3) is 0 Å². The molecule has 2 aromatic rings. The van der Waals surface area contributed by atoms with Gasteiger partial charge in [-0.15, -0.1) is 11.3 Å². The van der Waals surface area contributed by atoms with Gasteiger partial charge in [-0.2, -0.15) is 5.10 Å². The third-order valence-corrected chi connectivity index (χ3v) is 3.56. The van der Waals surface area contributed by atoms with Gasteiger partial charge in [-0.25, -0.2) is 4.98 Å². The van der Waals surface area contributed by atoms with Gasteiger partial charge in [-0.1, -0.05) is 0 Å². The molecule has 0 spiro atoms. The number of nitrogens with zero attached hydrogens (tertiary/aromatic N) is 3.